The molecule has 5 nitrogen and oxygen atoms in total. The number of rotatable bonds is 4. The van der Waals surface area contributed by atoms with Crippen LogP contribution in [0.1, 0.15) is 27.3 Å². The zero-order chi connectivity index (χ0) is 17.1. The quantitative estimate of drug-likeness (QED) is 0.780. The van der Waals surface area contributed by atoms with Crippen LogP contribution in [0, 0.1) is 13.8 Å². The van der Waals surface area contributed by atoms with E-state index >= 15 is 0 Å². The van der Waals surface area contributed by atoms with Crippen molar-refractivity contribution >= 4 is 17.5 Å². The number of carbonyl (C=O) groups is 1. The van der Waals surface area contributed by atoms with Crippen molar-refractivity contribution in [1.82, 2.24) is 15.5 Å². The molecule has 0 saturated carbocycles. The van der Waals surface area contributed by atoms with Crippen LogP contribution in [0.5, 0.6) is 0 Å². The summed E-state index contributed by atoms with van der Waals surface area (Å²) in [6.07, 6.45) is 0. The minimum Gasteiger partial charge on any atom is -0.345 e. The third-order valence-corrected chi connectivity index (χ3v) is 3.81. The van der Waals surface area contributed by atoms with Gasteiger partial charge in [0.25, 0.3) is 11.8 Å². The van der Waals surface area contributed by atoms with Crippen LogP contribution in [-0.2, 0) is 6.54 Å². The molecule has 0 bridgehead atoms. The van der Waals surface area contributed by atoms with E-state index in [0.717, 1.165) is 16.7 Å². The van der Waals surface area contributed by atoms with Crippen LogP contribution in [0.25, 0.3) is 11.5 Å². The number of carbonyl (C=O) groups excluding carboxylic acids is 1. The first-order valence-corrected chi connectivity index (χ1v) is 7.85. The number of halogens is 1. The van der Waals surface area contributed by atoms with E-state index in [0.29, 0.717) is 22.3 Å². The SMILES string of the molecule is Cc1ccc(C(=O)NCc2noc(-c3cccc(Cl)c3)n2)c(C)c1. The van der Waals surface area contributed by atoms with E-state index in [4.69, 9.17) is 16.1 Å². The van der Waals surface area contributed by atoms with Gasteiger partial charge in [0.2, 0.25) is 0 Å². The number of benzene rings is 2. The minimum absolute atomic E-state index is 0.165. The van der Waals surface area contributed by atoms with E-state index < -0.39 is 0 Å². The molecule has 1 N–H and O–H groups in total. The number of hydrogen-bond donors (Lipinski definition) is 1. The fraction of sp³-hybridized carbons (Fsp3) is 0.167. The molecular formula is C18H16ClN3O2. The normalized spacial score (nSPS) is 10.6. The van der Waals surface area contributed by atoms with Crippen molar-refractivity contribution in [2.45, 2.75) is 20.4 Å². The lowest BCUT2D eigenvalue weighted by molar-refractivity contribution is 0.0949. The van der Waals surface area contributed by atoms with Crippen molar-refractivity contribution in [2.24, 2.45) is 0 Å². The van der Waals surface area contributed by atoms with Crippen LogP contribution in [-0.4, -0.2) is 16.0 Å². The first kappa shape index (κ1) is 16.2. The van der Waals surface area contributed by atoms with Crippen molar-refractivity contribution in [3.8, 4) is 11.5 Å². The zero-order valence-electron chi connectivity index (χ0n) is 13.3. The highest BCUT2D eigenvalue weighted by Crippen LogP contribution is 2.20. The maximum absolute atomic E-state index is 12.3. The van der Waals surface area contributed by atoms with E-state index in [1.54, 1.807) is 12.1 Å². The lowest BCUT2D eigenvalue weighted by Gasteiger charge is -2.06. The second-order valence-electron chi connectivity index (χ2n) is 5.53. The summed E-state index contributed by atoms with van der Waals surface area (Å²) in [4.78, 5) is 16.5. The van der Waals surface area contributed by atoms with E-state index in [-0.39, 0.29) is 12.5 Å². The molecule has 0 saturated heterocycles. The fourth-order valence-electron chi connectivity index (χ4n) is 2.39. The average Bonchev–Trinajstić information content (AvgIpc) is 3.01. The molecule has 0 aliphatic heterocycles. The molecule has 0 spiro atoms. The van der Waals surface area contributed by atoms with Crippen molar-refractivity contribution in [2.75, 3.05) is 0 Å². The molecule has 0 aliphatic rings. The Labute approximate surface area is 144 Å². The second kappa shape index (κ2) is 6.84. The van der Waals surface area contributed by atoms with Gasteiger partial charge in [-0.1, -0.05) is 40.5 Å². The predicted octanol–water partition coefficient (Wildman–Crippen LogP) is 3.94. The van der Waals surface area contributed by atoms with Gasteiger partial charge in [-0.3, -0.25) is 4.79 Å². The van der Waals surface area contributed by atoms with Crippen LogP contribution >= 0.6 is 11.6 Å². The van der Waals surface area contributed by atoms with E-state index in [2.05, 4.69) is 15.5 Å². The smallest absolute Gasteiger partial charge is 0.258 e. The molecule has 0 unspecified atom stereocenters. The molecule has 24 heavy (non-hydrogen) atoms. The van der Waals surface area contributed by atoms with Gasteiger partial charge in [-0.2, -0.15) is 4.98 Å². The average molecular weight is 342 g/mol. The van der Waals surface area contributed by atoms with Crippen molar-refractivity contribution in [3.63, 3.8) is 0 Å². The summed E-state index contributed by atoms with van der Waals surface area (Å²) in [6, 6.07) is 12.8. The monoisotopic (exact) mass is 341 g/mol. The first-order valence-electron chi connectivity index (χ1n) is 7.47. The largest absolute Gasteiger partial charge is 0.345 e. The molecule has 6 heteroatoms. The molecule has 1 aromatic heterocycles. The Bertz CT molecular complexity index is 889. The summed E-state index contributed by atoms with van der Waals surface area (Å²) in [6.45, 7) is 4.09. The first-order chi connectivity index (χ1) is 11.5. The number of amides is 1. The Balaban J connectivity index is 1.68. The maximum Gasteiger partial charge on any atom is 0.258 e. The molecular weight excluding hydrogens is 326 g/mol. The molecule has 0 aliphatic carbocycles. The van der Waals surface area contributed by atoms with Gasteiger partial charge in [-0.05, 0) is 43.7 Å². The van der Waals surface area contributed by atoms with E-state index in [1.807, 2.05) is 44.2 Å². The fourth-order valence-corrected chi connectivity index (χ4v) is 2.58. The molecule has 122 valence electrons. The van der Waals surface area contributed by atoms with Gasteiger partial charge in [-0.25, -0.2) is 0 Å². The summed E-state index contributed by atoms with van der Waals surface area (Å²) in [7, 11) is 0. The Kier molecular flexibility index (Phi) is 4.62. The highest BCUT2D eigenvalue weighted by atomic mass is 35.5. The van der Waals surface area contributed by atoms with Gasteiger partial charge in [0, 0.05) is 16.1 Å². The van der Waals surface area contributed by atoms with E-state index in [9.17, 15) is 4.79 Å². The Morgan fingerprint density at radius 3 is 2.79 bits per heavy atom. The maximum atomic E-state index is 12.3. The Morgan fingerprint density at radius 1 is 1.21 bits per heavy atom. The summed E-state index contributed by atoms with van der Waals surface area (Å²) >= 11 is 5.95. The summed E-state index contributed by atoms with van der Waals surface area (Å²) < 4.78 is 5.21. The standard InChI is InChI=1S/C18H16ClN3O2/c1-11-6-7-15(12(2)8-11)17(23)20-10-16-21-18(24-22-16)13-4-3-5-14(19)9-13/h3-9H,10H2,1-2H3,(H,20,23). The molecule has 1 heterocycles. The number of aryl methyl sites for hydroxylation is 2. The number of aromatic nitrogens is 2. The van der Waals surface area contributed by atoms with Crippen molar-refractivity contribution in [3.05, 3.63) is 70.0 Å². The van der Waals surface area contributed by atoms with Crippen LogP contribution in [0.4, 0.5) is 0 Å². The van der Waals surface area contributed by atoms with E-state index in [1.165, 1.54) is 0 Å². The predicted molar refractivity (Wildman–Crippen MR) is 91.8 cm³/mol. The zero-order valence-corrected chi connectivity index (χ0v) is 14.1. The summed E-state index contributed by atoms with van der Waals surface area (Å²) in [5.74, 6) is 0.609. The van der Waals surface area contributed by atoms with Crippen molar-refractivity contribution in [1.29, 1.82) is 0 Å². The molecule has 1 amide bonds. The van der Waals surface area contributed by atoms with Gasteiger partial charge >= 0.3 is 0 Å². The molecule has 0 radical (unpaired) electrons. The molecule has 3 rings (SSSR count). The lowest BCUT2D eigenvalue weighted by Crippen LogP contribution is -2.24. The van der Waals surface area contributed by atoms with Crippen LogP contribution in [0.2, 0.25) is 5.02 Å². The molecule has 0 atom stereocenters. The molecule has 2 aromatic carbocycles. The summed E-state index contributed by atoms with van der Waals surface area (Å²) in [5.41, 5.74) is 3.43. The van der Waals surface area contributed by atoms with Crippen LogP contribution in [0.3, 0.4) is 0 Å². The lowest BCUT2D eigenvalue weighted by atomic mass is 10.1. The number of nitrogens with one attached hydrogen (secondary N) is 1. The third-order valence-electron chi connectivity index (χ3n) is 3.57. The van der Waals surface area contributed by atoms with Gasteiger partial charge < -0.3 is 9.84 Å². The second-order valence-corrected chi connectivity index (χ2v) is 5.96. The molecule has 0 fully saturated rings. The highest BCUT2D eigenvalue weighted by Gasteiger charge is 2.12. The topological polar surface area (TPSA) is 68.0 Å². The van der Waals surface area contributed by atoms with Crippen LogP contribution < -0.4 is 5.32 Å². The van der Waals surface area contributed by atoms with Gasteiger partial charge in [-0.15, -0.1) is 0 Å². The molecule has 3 aromatic rings. The third kappa shape index (κ3) is 3.63. The number of hydrogen-bond acceptors (Lipinski definition) is 4. The number of nitrogens with zero attached hydrogens (tertiary/aromatic N) is 2. The Hall–Kier alpha value is -2.66. The van der Waals surface area contributed by atoms with Gasteiger partial charge in [0.15, 0.2) is 5.82 Å². The Morgan fingerprint density at radius 2 is 2.04 bits per heavy atom. The van der Waals surface area contributed by atoms with Gasteiger partial charge in [0.1, 0.15) is 0 Å². The summed E-state index contributed by atoms with van der Waals surface area (Å²) in [5, 5.41) is 7.28. The van der Waals surface area contributed by atoms with Crippen molar-refractivity contribution < 1.29 is 9.32 Å². The van der Waals surface area contributed by atoms with Gasteiger partial charge in [0.05, 0.1) is 6.54 Å². The van der Waals surface area contributed by atoms with Crippen LogP contribution in [0.15, 0.2) is 47.0 Å². The highest BCUT2D eigenvalue weighted by molar-refractivity contribution is 6.30. The minimum atomic E-state index is -0.165.